The molecular formula is C25H27ClN4O. The first-order valence-electron chi connectivity index (χ1n) is 10.9. The van der Waals surface area contributed by atoms with Crippen molar-refractivity contribution in [2.75, 3.05) is 7.05 Å². The van der Waals surface area contributed by atoms with Gasteiger partial charge in [-0.05, 0) is 48.4 Å². The fraction of sp³-hybridized carbons (Fsp3) is 0.400. The molecule has 0 bridgehead atoms. The third-order valence-corrected chi connectivity index (χ3v) is 7.20. The standard InChI is InChI=1S/C25H27ClN4O/c1-16-10-20(19-12-27-30(14-19)15-25(2)8-4-5-9-25)22(28-23(16)26)17-6-7-18-13-29(3)24(31)21(18)11-17/h6-7,10-12,14H,4-5,8-9,13,15H2,1-3H3. The number of hydrogen-bond acceptors (Lipinski definition) is 3. The zero-order valence-electron chi connectivity index (χ0n) is 18.3. The molecule has 3 heterocycles. The number of carbonyl (C=O) groups excluding carboxylic acids is 1. The van der Waals surface area contributed by atoms with Gasteiger partial charge in [-0.15, -0.1) is 0 Å². The molecule has 0 unspecified atom stereocenters. The predicted molar refractivity (Wildman–Crippen MR) is 123 cm³/mol. The second kappa shape index (κ2) is 7.49. The maximum Gasteiger partial charge on any atom is 0.254 e. The molecule has 1 fully saturated rings. The van der Waals surface area contributed by atoms with Gasteiger partial charge in [0, 0.05) is 48.6 Å². The molecule has 160 valence electrons. The third kappa shape index (κ3) is 3.65. The molecule has 0 N–H and O–H groups in total. The number of halogens is 1. The van der Waals surface area contributed by atoms with E-state index >= 15 is 0 Å². The molecule has 0 radical (unpaired) electrons. The van der Waals surface area contributed by atoms with Crippen molar-refractivity contribution in [1.82, 2.24) is 19.7 Å². The zero-order valence-corrected chi connectivity index (χ0v) is 19.0. The van der Waals surface area contributed by atoms with E-state index in [0.29, 0.717) is 17.1 Å². The summed E-state index contributed by atoms with van der Waals surface area (Å²) in [6, 6.07) is 8.08. The Balaban J connectivity index is 1.55. The Labute approximate surface area is 188 Å². The van der Waals surface area contributed by atoms with Crippen LogP contribution in [0.4, 0.5) is 0 Å². The van der Waals surface area contributed by atoms with Crippen LogP contribution in [-0.2, 0) is 13.1 Å². The maximum absolute atomic E-state index is 12.5. The van der Waals surface area contributed by atoms with E-state index in [9.17, 15) is 4.79 Å². The Kier molecular flexibility index (Phi) is 4.89. The van der Waals surface area contributed by atoms with Crippen LogP contribution in [0.1, 0.15) is 54.1 Å². The minimum absolute atomic E-state index is 0.0502. The van der Waals surface area contributed by atoms with Gasteiger partial charge in [-0.3, -0.25) is 9.48 Å². The number of nitrogens with zero attached hydrogens (tertiary/aromatic N) is 4. The van der Waals surface area contributed by atoms with Gasteiger partial charge in [0.1, 0.15) is 5.15 Å². The SMILES string of the molecule is Cc1cc(-c2cnn(CC3(C)CCCC3)c2)c(-c2ccc3c(c2)C(=O)N(C)C3)nc1Cl. The first-order chi connectivity index (χ1) is 14.8. The largest absolute Gasteiger partial charge is 0.337 e. The van der Waals surface area contributed by atoms with Crippen molar-refractivity contribution in [1.29, 1.82) is 0 Å². The molecule has 2 aliphatic rings. The molecule has 0 spiro atoms. The number of amides is 1. The average molecular weight is 435 g/mol. The Hall–Kier alpha value is -2.66. The number of hydrogen-bond donors (Lipinski definition) is 0. The van der Waals surface area contributed by atoms with E-state index < -0.39 is 0 Å². The van der Waals surface area contributed by atoms with Crippen molar-refractivity contribution < 1.29 is 4.79 Å². The van der Waals surface area contributed by atoms with Crippen LogP contribution in [-0.4, -0.2) is 32.6 Å². The van der Waals surface area contributed by atoms with Crippen molar-refractivity contribution in [3.05, 3.63) is 58.5 Å². The van der Waals surface area contributed by atoms with Gasteiger partial charge in [-0.2, -0.15) is 5.10 Å². The van der Waals surface area contributed by atoms with Gasteiger partial charge < -0.3 is 4.90 Å². The Morgan fingerprint density at radius 3 is 2.68 bits per heavy atom. The van der Waals surface area contributed by atoms with Crippen LogP contribution < -0.4 is 0 Å². The lowest BCUT2D eigenvalue weighted by Gasteiger charge is -2.22. The number of fused-ring (bicyclic) bond motifs is 1. The average Bonchev–Trinajstić information content (AvgIpc) is 3.44. The van der Waals surface area contributed by atoms with Gasteiger partial charge in [-0.1, -0.05) is 43.5 Å². The molecule has 5 rings (SSSR count). The van der Waals surface area contributed by atoms with E-state index in [0.717, 1.165) is 45.6 Å². The molecule has 1 aromatic carbocycles. The third-order valence-electron chi connectivity index (χ3n) is 6.82. The molecule has 3 aromatic rings. The number of rotatable bonds is 4. The van der Waals surface area contributed by atoms with Crippen molar-refractivity contribution >= 4 is 17.5 Å². The van der Waals surface area contributed by atoms with Crippen LogP contribution in [0, 0.1) is 12.3 Å². The molecule has 1 amide bonds. The fourth-order valence-electron chi connectivity index (χ4n) is 4.99. The summed E-state index contributed by atoms with van der Waals surface area (Å²) in [5.41, 5.74) is 6.74. The molecule has 31 heavy (non-hydrogen) atoms. The van der Waals surface area contributed by atoms with E-state index in [4.69, 9.17) is 16.6 Å². The van der Waals surface area contributed by atoms with Gasteiger partial charge in [0.05, 0.1) is 11.9 Å². The lowest BCUT2D eigenvalue weighted by Crippen LogP contribution is -2.19. The van der Waals surface area contributed by atoms with Crippen LogP contribution in [0.2, 0.25) is 5.15 Å². The molecule has 1 aliphatic heterocycles. The molecule has 5 nitrogen and oxygen atoms in total. The lowest BCUT2D eigenvalue weighted by atomic mass is 9.89. The summed E-state index contributed by atoms with van der Waals surface area (Å²) in [6.45, 7) is 5.91. The van der Waals surface area contributed by atoms with Gasteiger partial charge in [0.15, 0.2) is 0 Å². The lowest BCUT2D eigenvalue weighted by molar-refractivity contribution is 0.0816. The minimum atomic E-state index is 0.0502. The highest BCUT2D eigenvalue weighted by Crippen LogP contribution is 2.40. The molecule has 2 aromatic heterocycles. The van der Waals surface area contributed by atoms with Crippen LogP contribution in [0.15, 0.2) is 36.7 Å². The summed E-state index contributed by atoms with van der Waals surface area (Å²) in [7, 11) is 1.83. The molecule has 6 heteroatoms. The van der Waals surface area contributed by atoms with Crippen molar-refractivity contribution in [3.8, 4) is 22.4 Å². The summed E-state index contributed by atoms with van der Waals surface area (Å²) in [5.74, 6) is 0.0502. The monoisotopic (exact) mass is 434 g/mol. The van der Waals surface area contributed by atoms with Gasteiger partial charge in [-0.25, -0.2) is 4.98 Å². The van der Waals surface area contributed by atoms with E-state index in [1.807, 2.05) is 38.4 Å². The van der Waals surface area contributed by atoms with Gasteiger partial charge >= 0.3 is 0 Å². The molecule has 1 aliphatic carbocycles. The zero-order chi connectivity index (χ0) is 21.8. The highest BCUT2D eigenvalue weighted by atomic mass is 35.5. The Morgan fingerprint density at radius 1 is 1.13 bits per heavy atom. The molecular weight excluding hydrogens is 408 g/mol. The smallest absolute Gasteiger partial charge is 0.254 e. The Morgan fingerprint density at radius 2 is 1.90 bits per heavy atom. The van der Waals surface area contributed by atoms with E-state index in [2.05, 4.69) is 29.0 Å². The number of aromatic nitrogens is 3. The highest BCUT2D eigenvalue weighted by Gasteiger charge is 2.29. The predicted octanol–water partition coefficient (Wildman–Crippen LogP) is 5.74. The van der Waals surface area contributed by atoms with Crippen LogP contribution >= 0.6 is 11.6 Å². The first-order valence-corrected chi connectivity index (χ1v) is 11.3. The Bertz CT molecular complexity index is 1180. The quantitative estimate of drug-likeness (QED) is 0.492. The summed E-state index contributed by atoms with van der Waals surface area (Å²) in [6.07, 6.45) is 9.16. The minimum Gasteiger partial charge on any atom is -0.337 e. The summed E-state index contributed by atoms with van der Waals surface area (Å²) < 4.78 is 2.07. The number of pyridine rings is 1. The number of carbonyl (C=O) groups is 1. The van der Waals surface area contributed by atoms with E-state index in [1.54, 1.807) is 4.90 Å². The first kappa shape index (κ1) is 20.3. The molecule has 0 saturated heterocycles. The fourth-order valence-corrected chi connectivity index (χ4v) is 5.13. The van der Waals surface area contributed by atoms with Crippen LogP contribution in [0.25, 0.3) is 22.4 Å². The second-order valence-electron chi connectivity index (χ2n) is 9.47. The summed E-state index contributed by atoms with van der Waals surface area (Å²) in [5, 5.41) is 5.14. The molecule has 0 atom stereocenters. The van der Waals surface area contributed by atoms with Crippen LogP contribution in [0.5, 0.6) is 0 Å². The van der Waals surface area contributed by atoms with Crippen molar-refractivity contribution in [3.63, 3.8) is 0 Å². The van der Waals surface area contributed by atoms with E-state index in [1.165, 1.54) is 25.7 Å². The van der Waals surface area contributed by atoms with Crippen molar-refractivity contribution in [2.24, 2.45) is 5.41 Å². The normalized spacial score (nSPS) is 17.4. The summed E-state index contributed by atoms with van der Waals surface area (Å²) in [4.78, 5) is 19.0. The van der Waals surface area contributed by atoms with Gasteiger partial charge in [0.25, 0.3) is 5.91 Å². The maximum atomic E-state index is 12.5. The number of aryl methyl sites for hydroxylation is 1. The summed E-state index contributed by atoms with van der Waals surface area (Å²) >= 11 is 6.42. The van der Waals surface area contributed by atoms with Crippen molar-refractivity contribution in [2.45, 2.75) is 52.6 Å². The van der Waals surface area contributed by atoms with E-state index in [-0.39, 0.29) is 5.91 Å². The van der Waals surface area contributed by atoms with Gasteiger partial charge in [0.2, 0.25) is 0 Å². The number of benzene rings is 1. The van der Waals surface area contributed by atoms with Crippen LogP contribution in [0.3, 0.4) is 0 Å². The highest BCUT2D eigenvalue weighted by molar-refractivity contribution is 6.30. The molecule has 1 saturated carbocycles. The second-order valence-corrected chi connectivity index (χ2v) is 9.83. The topological polar surface area (TPSA) is 51.0 Å².